The number of nitrogens with one attached hydrogen (secondary N) is 2. The van der Waals surface area contributed by atoms with Crippen LogP contribution in [0.2, 0.25) is 0 Å². The standard InChI is InChI=1S/C13H13N5O3/c1-8-5-9(3-4-15-8)17-13(19)10-6-12(14-2)16-7-11(10)18(20)21/h3-7H,1-2H3,(H,14,16)(H,15,17,19). The first-order valence-corrected chi connectivity index (χ1v) is 6.07. The zero-order valence-corrected chi connectivity index (χ0v) is 11.5. The molecule has 0 unspecified atom stereocenters. The summed E-state index contributed by atoms with van der Waals surface area (Å²) < 4.78 is 0. The van der Waals surface area contributed by atoms with Gasteiger partial charge in [-0.15, -0.1) is 0 Å². The zero-order chi connectivity index (χ0) is 15.4. The number of carbonyl (C=O) groups is 1. The van der Waals surface area contributed by atoms with Crippen LogP contribution in [0.3, 0.4) is 0 Å². The van der Waals surface area contributed by atoms with Gasteiger partial charge in [0.25, 0.3) is 11.6 Å². The average Bonchev–Trinajstić information content (AvgIpc) is 2.46. The Hall–Kier alpha value is -3.03. The van der Waals surface area contributed by atoms with Gasteiger partial charge in [0.2, 0.25) is 0 Å². The van der Waals surface area contributed by atoms with E-state index in [4.69, 9.17) is 0 Å². The summed E-state index contributed by atoms with van der Waals surface area (Å²) in [6.07, 6.45) is 2.60. The number of aromatic nitrogens is 2. The Labute approximate surface area is 120 Å². The maximum atomic E-state index is 12.2. The average molecular weight is 287 g/mol. The van der Waals surface area contributed by atoms with E-state index in [1.54, 1.807) is 32.3 Å². The second-order valence-electron chi connectivity index (χ2n) is 4.23. The first kappa shape index (κ1) is 14.4. The molecular formula is C13H13N5O3. The Morgan fingerprint density at radius 3 is 2.71 bits per heavy atom. The lowest BCUT2D eigenvalue weighted by Crippen LogP contribution is -2.15. The summed E-state index contributed by atoms with van der Waals surface area (Å²) in [4.78, 5) is 30.4. The van der Waals surface area contributed by atoms with Gasteiger partial charge < -0.3 is 10.6 Å². The van der Waals surface area contributed by atoms with Crippen LogP contribution in [0.5, 0.6) is 0 Å². The Kier molecular flexibility index (Phi) is 4.07. The predicted octanol–water partition coefficient (Wildman–Crippen LogP) is 1.99. The van der Waals surface area contributed by atoms with Crippen molar-refractivity contribution < 1.29 is 9.72 Å². The fraction of sp³-hybridized carbons (Fsp3) is 0.154. The first-order chi connectivity index (χ1) is 10.0. The van der Waals surface area contributed by atoms with Gasteiger partial charge in [-0.05, 0) is 19.1 Å². The van der Waals surface area contributed by atoms with Crippen molar-refractivity contribution in [2.45, 2.75) is 6.92 Å². The highest BCUT2D eigenvalue weighted by atomic mass is 16.6. The number of nitrogens with zero attached hydrogens (tertiary/aromatic N) is 3. The third kappa shape index (κ3) is 3.30. The lowest BCUT2D eigenvalue weighted by Gasteiger charge is -2.07. The third-order valence-corrected chi connectivity index (χ3v) is 2.73. The Balaban J connectivity index is 2.35. The summed E-state index contributed by atoms with van der Waals surface area (Å²) in [6.45, 7) is 1.78. The molecule has 0 aromatic carbocycles. The molecular weight excluding hydrogens is 274 g/mol. The van der Waals surface area contributed by atoms with Crippen molar-refractivity contribution in [3.8, 4) is 0 Å². The van der Waals surface area contributed by atoms with Gasteiger partial charge in [-0.2, -0.15) is 0 Å². The molecule has 0 saturated carbocycles. The van der Waals surface area contributed by atoms with Crippen LogP contribution >= 0.6 is 0 Å². The van der Waals surface area contributed by atoms with Crippen LogP contribution in [-0.4, -0.2) is 27.8 Å². The van der Waals surface area contributed by atoms with E-state index in [0.29, 0.717) is 11.5 Å². The maximum Gasteiger partial charge on any atom is 0.300 e. The fourth-order valence-corrected chi connectivity index (χ4v) is 1.73. The van der Waals surface area contributed by atoms with E-state index < -0.39 is 10.8 Å². The summed E-state index contributed by atoms with van der Waals surface area (Å²) in [7, 11) is 1.61. The molecule has 0 fully saturated rings. The van der Waals surface area contributed by atoms with Gasteiger partial charge in [0, 0.05) is 30.7 Å². The smallest absolute Gasteiger partial charge is 0.300 e. The number of amides is 1. The minimum atomic E-state index is -0.640. The lowest BCUT2D eigenvalue weighted by molar-refractivity contribution is -0.385. The van der Waals surface area contributed by atoms with Crippen LogP contribution in [0, 0.1) is 17.0 Å². The molecule has 0 aliphatic rings. The summed E-state index contributed by atoms with van der Waals surface area (Å²) >= 11 is 0. The van der Waals surface area contributed by atoms with Gasteiger partial charge in [0.1, 0.15) is 17.6 Å². The minimum Gasteiger partial charge on any atom is -0.373 e. The Morgan fingerprint density at radius 2 is 2.10 bits per heavy atom. The van der Waals surface area contributed by atoms with Crippen molar-refractivity contribution in [2.75, 3.05) is 17.7 Å². The topological polar surface area (TPSA) is 110 Å². The highest BCUT2D eigenvalue weighted by molar-refractivity contribution is 6.07. The van der Waals surface area contributed by atoms with Gasteiger partial charge >= 0.3 is 0 Å². The van der Waals surface area contributed by atoms with Crippen LogP contribution in [0.1, 0.15) is 16.1 Å². The number of aryl methyl sites for hydroxylation is 1. The van der Waals surface area contributed by atoms with E-state index in [1.165, 1.54) is 6.07 Å². The van der Waals surface area contributed by atoms with E-state index >= 15 is 0 Å². The SMILES string of the molecule is CNc1cc(C(=O)Nc2ccnc(C)c2)c([N+](=O)[O-])cn1. The number of rotatable bonds is 4. The normalized spacial score (nSPS) is 10.0. The predicted molar refractivity (Wildman–Crippen MR) is 77.4 cm³/mol. The first-order valence-electron chi connectivity index (χ1n) is 6.07. The van der Waals surface area contributed by atoms with Crippen molar-refractivity contribution in [3.63, 3.8) is 0 Å². The van der Waals surface area contributed by atoms with Gasteiger partial charge in [-0.3, -0.25) is 19.9 Å². The van der Waals surface area contributed by atoms with E-state index in [-0.39, 0.29) is 11.3 Å². The monoisotopic (exact) mass is 287 g/mol. The molecule has 2 heterocycles. The number of hydrogen-bond acceptors (Lipinski definition) is 6. The minimum absolute atomic E-state index is 0.0613. The molecule has 0 spiro atoms. The van der Waals surface area contributed by atoms with E-state index in [1.807, 2.05) is 0 Å². The highest BCUT2D eigenvalue weighted by Crippen LogP contribution is 2.21. The van der Waals surface area contributed by atoms with Crippen LogP contribution < -0.4 is 10.6 Å². The number of hydrogen-bond donors (Lipinski definition) is 2. The fourth-order valence-electron chi connectivity index (χ4n) is 1.73. The number of nitro groups is 1. The van der Waals surface area contributed by atoms with Gasteiger partial charge in [0.05, 0.1) is 4.92 Å². The molecule has 2 rings (SSSR count). The number of anilines is 2. The van der Waals surface area contributed by atoms with Gasteiger partial charge in [0.15, 0.2) is 0 Å². The largest absolute Gasteiger partial charge is 0.373 e. The molecule has 2 N–H and O–H groups in total. The summed E-state index contributed by atoms with van der Waals surface area (Å²) in [5, 5.41) is 16.3. The highest BCUT2D eigenvalue weighted by Gasteiger charge is 2.21. The maximum absolute atomic E-state index is 12.2. The van der Waals surface area contributed by atoms with E-state index in [9.17, 15) is 14.9 Å². The van der Waals surface area contributed by atoms with Crippen molar-refractivity contribution >= 4 is 23.1 Å². The molecule has 0 aliphatic carbocycles. The second kappa shape index (κ2) is 5.95. The van der Waals surface area contributed by atoms with Crippen LogP contribution in [0.25, 0.3) is 0 Å². The van der Waals surface area contributed by atoms with Gasteiger partial charge in [-0.1, -0.05) is 0 Å². The molecule has 2 aromatic rings. The Morgan fingerprint density at radius 1 is 1.33 bits per heavy atom. The molecule has 8 heteroatoms. The molecule has 0 aliphatic heterocycles. The summed E-state index contributed by atoms with van der Waals surface area (Å²) in [6, 6.07) is 4.61. The van der Waals surface area contributed by atoms with Crippen molar-refractivity contribution in [1.29, 1.82) is 0 Å². The quantitative estimate of drug-likeness (QED) is 0.657. The van der Waals surface area contributed by atoms with E-state index in [0.717, 1.165) is 11.9 Å². The lowest BCUT2D eigenvalue weighted by atomic mass is 10.2. The number of carbonyl (C=O) groups excluding carboxylic acids is 1. The number of pyridine rings is 2. The van der Waals surface area contributed by atoms with Crippen molar-refractivity contribution in [2.24, 2.45) is 0 Å². The summed E-state index contributed by atoms with van der Waals surface area (Å²) in [5.74, 6) is -0.206. The Bertz CT molecular complexity index is 702. The second-order valence-corrected chi connectivity index (χ2v) is 4.23. The molecule has 0 radical (unpaired) electrons. The van der Waals surface area contributed by atoms with Crippen LogP contribution in [0.4, 0.5) is 17.2 Å². The summed E-state index contributed by atoms with van der Waals surface area (Å²) in [5.41, 5.74) is 0.837. The molecule has 0 atom stereocenters. The molecule has 0 bridgehead atoms. The van der Waals surface area contributed by atoms with Crippen LogP contribution in [0.15, 0.2) is 30.6 Å². The third-order valence-electron chi connectivity index (χ3n) is 2.73. The zero-order valence-electron chi connectivity index (χ0n) is 11.5. The van der Waals surface area contributed by atoms with Crippen molar-refractivity contribution in [1.82, 2.24) is 9.97 Å². The molecule has 1 amide bonds. The molecule has 108 valence electrons. The van der Waals surface area contributed by atoms with Gasteiger partial charge in [-0.25, -0.2) is 4.98 Å². The molecule has 0 saturated heterocycles. The molecule has 8 nitrogen and oxygen atoms in total. The van der Waals surface area contributed by atoms with Crippen LogP contribution in [-0.2, 0) is 0 Å². The molecule has 2 aromatic heterocycles. The van der Waals surface area contributed by atoms with E-state index in [2.05, 4.69) is 20.6 Å². The van der Waals surface area contributed by atoms with Crippen molar-refractivity contribution in [3.05, 3.63) is 52.0 Å². The molecule has 21 heavy (non-hydrogen) atoms.